The average molecular weight is 294 g/mol. The number of benzene rings is 1. The van der Waals surface area contributed by atoms with Crippen LogP contribution in [0.5, 0.6) is 0 Å². The molecular weight excluding hydrogens is 272 g/mol. The SMILES string of the molecule is C=CCN(CC=C)Cc1cccc(S(=O)(=O)N(C)C)c1. The van der Waals surface area contributed by atoms with Crippen molar-refractivity contribution in [1.29, 1.82) is 0 Å². The van der Waals surface area contributed by atoms with Gasteiger partial charge >= 0.3 is 0 Å². The molecule has 0 amide bonds. The number of sulfonamides is 1. The zero-order valence-electron chi connectivity index (χ0n) is 12.1. The van der Waals surface area contributed by atoms with Crippen LogP contribution in [0.3, 0.4) is 0 Å². The van der Waals surface area contributed by atoms with E-state index in [0.29, 0.717) is 11.4 Å². The van der Waals surface area contributed by atoms with Gasteiger partial charge in [0.15, 0.2) is 0 Å². The van der Waals surface area contributed by atoms with Gasteiger partial charge in [0, 0.05) is 33.7 Å². The normalized spacial score (nSPS) is 11.8. The molecule has 0 spiro atoms. The van der Waals surface area contributed by atoms with E-state index in [4.69, 9.17) is 0 Å². The topological polar surface area (TPSA) is 40.6 Å². The van der Waals surface area contributed by atoms with Crippen molar-refractivity contribution in [2.75, 3.05) is 27.2 Å². The third kappa shape index (κ3) is 4.30. The van der Waals surface area contributed by atoms with E-state index in [1.165, 1.54) is 18.4 Å². The van der Waals surface area contributed by atoms with Crippen molar-refractivity contribution in [3.63, 3.8) is 0 Å². The second-order valence-electron chi connectivity index (χ2n) is 4.71. The molecule has 0 saturated carbocycles. The zero-order chi connectivity index (χ0) is 15.2. The fourth-order valence-electron chi connectivity index (χ4n) is 1.84. The minimum absolute atomic E-state index is 0.317. The van der Waals surface area contributed by atoms with Crippen LogP contribution in [0.15, 0.2) is 54.5 Å². The molecule has 0 radical (unpaired) electrons. The van der Waals surface area contributed by atoms with E-state index in [-0.39, 0.29) is 0 Å². The summed E-state index contributed by atoms with van der Waals surface area (Å²) in [6.45, 7) is 9.58. The Morgan fingerprint density at radius 1 is 1.15 bits per heavy atom. The summed E-state index contributed by atoms with van der Waals surface area (Å²) in [7, 11) is -0.322. The van der Waals surface area contributed by atoms with Crippen LogP contribution in [0.2, 0.25) is 0 Å². The fraction of sp³-hybridized carbons (Fsp3) is 0.333. The highest BCUT2D eigenvalue weighted by atomic mass is 32.2. The quantitative estimate of drug-likeness (QED) is 0.690. The van der Waals surface area contributed by atoms with Crippen molar-refractivity contribution in [3.05, 3.63) is 55.1 Å². The van der Waals surface area contributed by atoms with Crippen LogP contribution in [0.4, 0.5) is 0 Å². The predicted octanol–water partition coefficient (Wildman–Crippen LogP) is 2.11. The Kier molecular flexibility index (Phi) is 6.13. The summed E-state index contributed by atoms with van der Waals surface area (Å²) in [5.74, 6) is 0. The van der Waals surface area contributed by atoms with E-state index in [1.807, 2.05) is 18.2 Å². The van der Waals surface area contributed by atoms with E-state index in [0.717, 1.165) is 18.7 Å². The molecule has 4 nitrogen and oxygen atoms in total. The van der Waals surface area contributed by atoms with Gasteiger partial charge in [-0.3, -0.25) is 4.90 Å². The molecule has 0 unspecified atom stereocenters. The van der Waals surface area contributed by atoms with E-state index < -0.39 is 10.0 Å². The van der Waals surface area contributed by atoms with Crippen molar-refractivity contribution in [2.45, 2.75) is 11.4 Å². The highest BCUT2D eigenvalue weighted by Crippen LogP contribution is 2.16. The Balaban J connectivity index is 2.98. The highest BCUT2D eigenvalue weighted by Gasteiger charge is 2.17. The molecule has 0 fully saturated rings. The summed E-state index contributed by atoms with van der Waals surface area (Å²) in [4.78, 5) is 2.44. The molecule has 5 heteroatoms. The molecule has 1 aromatic rings. The maximum absolute atomic E-state index is 12.1. The van der Waals surface area contributed by atoms with Gasteiger partial charge in [0.05, 0.1) is 4.90 Å². The van der Waals surface area contributed by atoms with Crippen molar-refractivity contribution >= 4 is 10.0 Å². The van der Waals surface area contributed by atoms with Crippen molar-refractivity contribution < 1.29 is 8.42 Å². The van der Waals surface area contributed by atoms with E-state index in [1.54, 1.807) is 18.2 Å². The molecule has 0 heterocycles. The summed E-state index contributed by atoms with van der Waals surface area (Å²) in [5, 5.41) is 0. The number of hydrogen-bond acceptors (Lipinski definition) is 3. The van der Waals surface area contributed by atoms with Gasteiger partial charge in [-0.15, -0.1) is 13.2 Å². The predicted molar refractivity (Wildman–Crippen MR) is 83.0 cm³/mol. The van der Waals surface area contributed by atoms with Gasteiger partial charge < -0.3 is 0 Å². The number of rotatable bonds is 8. The van der Waals surface area contributed by atoms with Crippen LogP contribution in [0, 0.1) is 0 Å². The fourth-order valence-corrected chi connectivity index (χ4v) is 2.81. The van der Waals surface area contributed by atoms with Gasteiger partial charge in [-0.25, -0.2) is 12.7 Å². The first-order valence-corrected chi connectivity index (χ1v) is 7.81. The van der Waals surface area contributed by atoms with Gasteiger partial charge in [0.25, 0.3) is 0 Å². The highest BCUT2D eigenvalue weighted by molar-refractivity contribution is 7.89. The van der Waals surface area contributed by atoms with Crippen LogP contribution < -0.4 is 0 Å². The molecule has 0 aliphatic rings. The maximum Gasteiger partial charge on any atom is 0.242 e. The summed E-state index contributed by atoms with van der Waals surface area (Å²) >= 11 is 0. The van der Waals surface area contributed by atoms with Crippen molar-refractivity contribution in [3.8, 4) is 0 Å². The Hall–Kier alpha value is -1.43. The summed E-state index contributed by atoms with van der Waals surface area (Å²) < 4.78 is 25.4. The van der Waals surface area contributed by atoms with Gasteiger partial charge in [-0.05, 0) is 17.7 Å². The molecule has 1 rings (SSSR count). The van der Waals surface area contributed by atoms with E-state index in [2.05, 4.69) is 18.1 Å². The number of nitrogens with zero attached hydrogens (tertiary/aromatic N) is 2. The molecule has 0 saturated heterocycles. The van der Waals surface area contributed by atoms with Crippen LogP contribution in [-0.4, -0.2) is 44.8 Å². The standard InChI is InChI=1S/C15H22N2O2S/c1-5-10-17(11-6-2)13-14-8-7-9-15(12-14)20(18,19)16(3)4/h5-9,12H,1-2,10-11,13H2,3-4H3. The van der Waals surface area contributed by atoms with Gasteiger partial charge in [-0.2, -0.15) is 0 Å². The maximum atomic E-state index is 12.1. The molecule has 110 valence electrons. The first-order valence-electron chi connectivity index (χ1n) is 6.37. The van der Waals surface area contributed by atoms with Gasteiger partial charge in [0.2, 0.25) is 10.0 Å². The van der Waals surface area contributed by atoms with Crippen molar-refractivity contribution in [2.24, 2.45) is 0 Å². The lowest BCUT2D eigenvalue weighted by Gasteiger charge is -2.19. The molecular formula is C15H22N2O2S. The Morgan fingerprint density at radius 2 is 1.75 bits per heavy atom. The second kappa shape index (κ2) is 7.38. The molecule has 20 heavy (non-hydrogen) atoms. The summed E-state index contributed by atoms with van der Waals surface area (Å²) in [5.41, 5.74) is 0.955. The van der Waals surface area contributed by atoms with Crippen molar-refractivity contribution in [1.82, 2.24) is 9.21 Å². The largest absolute Gasteiger partial charge is 0.292 e. The lowest BCUT2D eigenvalue weighted by molar-refractivity contribution is 0.327. The average Bonchev–Trinajstić information content (AvgIpc) is 2.39. The van der Waals surface area contributed by atoms with Crippen LogP contribution in [0.1, 0.15) is 5.56 Å². The molecule has 1 aromatic carbocycles. The van der Waals surface area contributed by atoms with Gasteiger partial charge in [0.1, 0.15) is 0 Å². The molecule has 0 atom stereocenters. The molecule has 0 aliphatic carbocycles. The minimum Gasteiger partial charge on any atom is -0.292 e. The van der Waals surface area contributed by atoms with Crippen LogP contribution in [0.25, 0.3) is 0 Å². The van der Waals surface area contributed by atoms with Gasteiger partial charge in [-0.1, -0.05) is 24.3 Å². The second-order valence-corrected chi connectivity index (χ2v) is 6.86. The summed E-state index contributed by atoms with van der Waals surface area (Å²) in [6, 6.07) is 7.03. The Bertz CT molecular complexity index is 555. The van der Waals surface area contributed by atoms with E-state index in [9.17, 15) is 8.42 Å². The minimum atomic E-state index is -3.39. The lowest BCUT2D eigenvalue weighted by Crippen LogP contribution is -2.24. The monoisotopic (exact) mass is 294 g/mol. The van der Waals surface area contributed by atoms with Crippen LogP contribution in [-0.2, 0) is 16.6 Å². The van der Waals surface area contributed by atoms with E-state index >= 15 is 0 Å². The third-order valence-electron chi connectivity index (χ3n) is 2.86. The number of hydrogen-bond donors (Lipinski definition) is 0. The molecule has 0 N–H and O–H groups in total. The van der Waals surface area contributed by atoms with Crippen LogP contribution >= 0.6 is 0 Å². The smallest absolute Gasteiger partial charge is 0.242 e. The first-order chi connectivity index (χ1) is 9.41. The Labute approximate surface area is 122 Å². The third-order valence-corrected chi connectivity index (χ3v) is 4.67. The molecule has 0 bridgehead atoms. The lowest BCUT2D eigenvalue weighted by atomic mass is 10.2. The zero-order valence-corrected chi connectivity index (χ0v) is 12.9. The Morgan fingerprint density at radius 3 is 2.25 bits per heavy atom. The molecule has 0 aliphatic heterocycles. The first kappa shape index (κ1) is 16.6. The molecule has 0 aromatic heterocycles. The summed E-state index contributed by atoms with van der Waals surface area (Å²) in [6.07, 6.45) is 3.65.